The summed E-state index contributed by atoms with van der Waals surface area (Å²) in [5, 5.41) is 5.23. The molecule has 146 valence electrons. The Morgan fingerprint density at radius 2 is 1.42 bits per heavy atom. The van der Waals surface area contributed by atoms with E-state index in [-0.39, 0.29) is 19.8 Å². The summed E-state index contributed by atoms with van der Waals surface area (Å²) in [6.45, 7) is 6.80. The summed E-state index contributed by atoms with van der Waals surface area (Å²) in [6, 6.07) is 7.35. The van der Waals surface area contributed by atoms with Gasteiger partial charge in [0.15, 0.2) is 0 Å². The number of hydrogen-bond acceptors (Lipinski definition) is 6. The number of carbonyl (C=O) groups excluding carboxylic acids is 2. The first-order valence-corrected chi connectivity index (χ1v) is 10.1. The minimum absolute atomic E-state index is 0.0310. The van der Waals surface area contributed by atoms with Crippen molar-refractivity contribution in [1.29, 1.82) is 0 Å². The molecule has 0 saturated carbocycles. The molecular weight excluding hydrogens is 359 g/mol. The number of ether oxygens (including phenoxy) is 2. The van der Waals surface area contributed by atoms with Crippen LogP contribution in [0, 0.1) is 0 Å². The molecule has 0 unspecified atom stereocenters. The van der Waals surface area contributed by atoms with E-state index in [2.05, 4.69) is 10.2 Å². The second-order valence-corrected chi connectivity index (χ2v) is 7.39. The molecule has 0 aliphatic heterocycles. The van der Waals surface area contributed by atoms with Crippen molar-refractivity contribution in [2.24, 2.45) is 0 Å². The van der Waals surface area contributed by atoms with Gasteiger partial charge in [-0.3, -0.25) is 14.2 Å². The summed E-state index contributed by atoms with van der Waals surface area (Å²) >= 11 is 0. The van der Waals surface area contributed by atoms with Crippen LogP contribution in [-0.4, -0.2) is 37.2 Å². The summed E-state index contributed by atoms with van der Waals surface area (Å²) < 4.78 is 28.5. The lowest BCUT2D eigenvalue weighted by molar-refractivity contribution is -0.145. The molecule has 2 atom stereocenters. The van der Waals surface area contributed by atoms with Gasteiger partial charge in [-0.15, -0.1) is 0 Å². The highest BCUT2D eigenvalue weighted by atomic mass is 31.2. The second-order valence-electron chi connectivity index (χ2n) is 5.52. The van der Waals surface area contributed by atoms with E-state index in [9.17, 15) is 14.2 Å². The molecule has 2 N–H and O–H groups in total. The molecule has 0 bridgehead atoms. The highest BCUT2D eigenvalue weighted by Crippen LogP contribution is 2.40. The van der Waals surface area contributed by atoms with Crippen molar-refractivity contribution in [2.45, 2.75) is 46.4 Å². The largest absolute Gasteiger partial charge is 0.465 e. The van der Waals surface area contributed by atoms with E-state index in [1.807, 2.05) is 30.3 Å². The van der Waals surface area contributed by atoms with E-state index in [1.165, 1.54) is 13.8 Å². The smallest absolute Gasteiger partial charge is 0.342 e. The number of benzene rings is 1. The SMILES string of the molecule is CCOC(=O)[C@H](C)NP(=O)(N[C@@H](C)C(=O)OCC)OCc1ccccc1. The van der Waals surface area contributed by atoms with Crippen molar-refractivity contribution in [2.75, 3.05) is 13.2 Å². The molecule has 0 aliphatic carbocycles. The standard InChI is InChI=1S/C17H27N2O6P/c1-5-23-16(20)13(3)18-26(22,19-14(4)17(21)24-6-2)25-12-15-10-8-7-9-11-15/h7-11,13-14H,5-6,12H2,1-4H3,(H2,18,19,22)/t13-,14-/m0/s1. The molecule has 0 heterocycles. The van der Waals surface area contributed by atoms with Crippen LogP contribution >= 0.6 is 7.67 Å². The Morgan fingerprint density at radius 3 is 1.85 bits per heavy atom. The summed E-state index contributed by atoms with van der Waals surface area (Å²) in [7, 11) is -3.75. The molecule has 0 spiro atoms. The van der Waals surface area contributed by atoms with Crippen molar-refractivity contribution in [3.8, 4) is 0 Å². The maximum atomic E-state index is 13.2. The first-order valence-electron chi connectivity index (χ1n) is 8.48. The van der Waals surface area contributed by atoms with Gasteiger partial charge >= 0.3 is 19.6 Å². The van der Waals surface area contributed by atoms with E-state index in [1.54, 1.807) is 13.8 Å². The first kappa shape index (κ1) is 22.3. The summed E-state index contributed by atoms with van der Waals surface area (Å²) in [5.74, 6) is -1.14. The van der Waals surface area contributed by atoms with E-state index < -0.39 is 31.7 Å². The average molecular weight is 386 g/mol. The fourth-order valence-corrected chi connectivity index (χ4v) is 3.79. The van der Waals surface area contributed by atoms with Gasteiger partial charge in [0.2, 0.25) is 0 Å². The van der Waals surface area contributed by atoms with Crippen LogP contribution in [0.15, 0.2) is 30.3 Å². The minimum Gasteiger partial charge on any atom is -0.465 e. The molecule has 0 aliphatic rings. The zero-order valence-corrected chi connectivity index (χ0v) is 16.5. The maximum absolute atomic E-state index is 13.2. The van der Waals surface area contributed by atoms with Gasteiger partial charge in [0.05, 0.1) is 19.8 Å². The number of nitrogens with one attached hydrogen (secondary N) is 2. The molecule has 0 amide bonds. The molecule has 1 aromatic carbocycles. The Balaban J connectivity index is 2.86. The Bertz CT molecular complexity index is 595. The van der Waals surface area contributed by atoms with Crippen LogP contribution < -0.4 is 10.2 Å². The average Bonchev–Trinajstić information content (AvgIpc) is 2.61. The molecule has 1 rings (SSSR count). The second kappa shape index (κ2) is 11.1. The molecule has 0 radical (unpaired) electrons. The Kier molecular flexibility index (Phi) is 9.51. The molecule has 26 heavy (non-hydrogen) atoms. The Morgan fingerprint density at radius 1 is 0.962 bits per heavy atom. The summed E-state index contributed by atoms with van der Waals surface area (Å²) in [4.78, 5) is 23.7. The third-order valence-electron chi connectivity index (χ3n) is 3.26. The van der Waals surface area contributed by atoms with Gasteiger partial charge in [-0.1, -0.05) is 30.3 Å². The van der Waals surface area contributed by atoms with E-state index >= 15 is 0 Å². The third kappa shape index (κ3) is 7.66. The van der Waals surface area contributed by atoms with Crippen molar-refractivity contribution < 1.29 is 28.2 Å². The summed E-state index contributed by atoms with van der Waals surface area (Å²) in [6.07, 6.45) is 0. The van der Waals surface area contributed by atoms with Gasteiger partial charge in [0.25, 0.3) is 0 Å². The quantitative estimate of drug-likeness (QED) is 0.441. The van der Waals surface area contributed by atoms with Crippen LogP contribution in [0.5, 0.6) is 0 Å². The minimum atomic E-state index is -3.75. The molecular formula is C17H27N2O6P. The van der Waals surface area contributed by atoms with Crippen LogP contribution in [0.2, 0.25) is 0 Å². The third-order valence-corrected chi connectivity index (χ3v) is 5.21. The fraction of sp³-hybridized carbons (Fsp3) is 0.529. The number of hydrogen-bond donors (Lipinski definition) is 2. The lowest BCUT2D eigenvalue weighted by atomic mass is 10.2. The van der Waals surface area contributed by atoms with Crippen LogP contribution in [0.25, 0.3) is 0 Å². The monoisotopic (exact) mass is 386 g/mol. The maximum Gasteiger partial charge on any atom is 0.342 e. The first-order chi connectivity index (χ1) is 12.3. The molecule has 0 fully saturated rings. The molecule has 1 aromatic rings. The van der Waals surface area contributed by atoms with Crippen molar-refractivity contribution >= 4 is 19.6 Å². The van der Waals surface area contributed by atoms with Crippen molar-refractivity contribution in [1.82, 2.24) is 10.2 Å². The number of carbonyl (C=O) groups is 2. The van der Waals surface area contributed by atoms with E-state index in [0.717, 1.165) is 5.56 Å². The van der Waals surface area contributed by atoms with Crippen LogP contribution in [-0.2, 0) is 34.8 Å². The van der Waals surface area contributed by atoms with Crippen LogP contribution in [0.4, 0.5) is 0 Å². The molecule has 0 aromatic heterocycles. The van der Waals surface area contributed by atoms with Crippen LogP contribution in [0.3, 0.4) is 0 Å². The van der Waals surface area contributed by atoms with Gasteiger partial charge < -0.3 is 14.0 Å². The predicted molar refractivity (Wildman–Crippen MR) is 97.3 cm³/mol. The normalized spacial score (nSPS) is 13.7. The van der Waals surface area contributed by atoms with Gasteiger partial charge in [0.1, 0.15) is 12.1 Å². The fourth-order valence-electron chi connectivity index (χ4n) is 2.00. The van der Waals surface area contributed by atoms with Gasteiger partial charge in [-0.25, -0.2) is 10.2 Å². The predicted octanol–water partition coefficient (Wildman–Crippen LogP) is 2.39. The topological polar surface area (TPSA) is 103 Å². The Labute approximate surface area is 154 Å². The lowest BCUT2D eigenvalue weighted by Crippen LogP contribution is -2.42. The van der Waals surface area contributed by atoms with Crippen LogP contribution in [0.1, 0.15) is 33.3 Å². The number of esters is 2. The van der Waals surface area contributed by atoms with Gasteiger partial charge in [-0.05, 0) is 33.3 Å². The van der Waals surface area contributed by atoms with Gasteiger partial charge in [-0.2, -0.15) is 0 Å². The van der Waals surface area contributed by atoms with Crippen molar-refractivity contribution in [3.63, 3.8) is 0 Å². The van der Waals surface area contributed by atoms with Gasteiger partial charge in [0, 0.05) is 0 Å². The highest BCUT2D eigenvalue weighted by Gasteiger charge is 2.33. The lowest BCUT2D eigenvalue weighted by Gasteiger charge is -2.25. The Hall–Kier alpha value is -1.73. The van der Waals surface area contributed by atoms with E-state index in [0.29, 0.717) is 0 Å². The summed E-state index contributed by atoms with van der Waals surface area (Å²) in [5.41, 5.74) is 0.795. The molecule has 9 heteroatoms. The highest BCUT2D eigenvalue weighted by molar-refractivity contribution is 7.54. The number of rotatable bonds is 11. The van der Waals surface area contributed by atoms with Crippen molar-refractivity contribution in [3.05, 3.63) is 35.9 Å². The molecule has 8 nitrogen and oxygen atoms in total. The zero-order valence-electron chi connectivity index (χ0n) is 15.6. The van der Waals surface area contributed by atoms with E-state index in [4.69, 9.17) is 14.0 Å². The molecule has 0 saturated heterocycles. The zero-order chi connectivity index (χ0) is 19.6.